The van der Waals surface area contributed by atoms with Gasteiger partial charge in [-0.3, -0.25) is 4.57 Å². The summed E-state index contributed by atoms with van der Waals surface area (Å²) in [6.07, 6.45) is 5.00. The second kappa shape index (κ2) is 4.77. The van der Waals surface area contributed by atoms with Crippen LogP contribution in [0.25, 0.3) is 0 Å². The largest absolute Gasteiger partial charge is 0.347 e. The Bertz CT molecular complexity index is 308. The molecule has 1 heterocycles. The Kier molecular flexibility index (Phi) is 3.64. The maximum Gasteiger partial charge on any atom is 0.347 e. The monoisotopic (exact) mass is 181 g/mol. The van der Waals surface area contributed by atoms with E-state index < -0.39 is 0 Å². The van der Waals surface area contributed by atoms with Crippen molar-refractivity contribution in [1.82, 2.24) is 9.55 Å². The van der Waals surface area contributed by atoms with Crippen molar-refractivity contribution in [2.24, 2.45) is 5.73 Å². The Morgan fingerprint density at radius 2 is 2.46 bits per heavy atom. The van der Waals surface area contributed by atoms with Gasteiger partial charge < -0.3 is 5.73 Å². The normalized spacial score (nSPS) is 12.8. The lowest BCUT2D eigenvalue weighted by Crippen LogP contribution is -2.27. The van der Waals surface area contributed by atoms with Crippen molar-refractivity contribution >= 4 is 0 Å². The molecule has 1 atom stereocenters. The molecule has 0 radical (unpaired) electrons. The van der Waals surface area contributed by atoms with E-state index >= 15 is 0 Å². The van der Waals surface area contributed by atoms with Crippen LogP contribution in [0.1, 0.15) is 25.8 Å². The highest BCUT2D eigenvalue weighted by Crippen LogP contribution is 2.11. The second-order valence-electron chi connectivity index (χ2n) is 2.95. The van der Waals surface area contributed by atoms with E-state index in [0.29, 0.717) is 6.54 Å². The van der Waals surface area contributed by atoms with Gasteiger partial charge in [0.25, 0.3) is 0 Å². The molecule has 0 aliphatic heterocycles. The van der Waals surface area contributed by atoms with Crippen LogP contribution in [0.5, 0.6) is 0 Å². The molecule has 2 N–H and O–H groups in total. The highest BCUT2D eigenvalue weighted by molar-refractivity contribution is 4.84. The molecular weight excluding hydrogens is 166 g/mol. The molecule has 72 valence electrons. The first-order chi connectivity index (χ1) is 6.29. The summed E-state index contributed by atoms with van der Waals surface area (Å²) in [5, 5.41) is 0. The van der Waals surface area contributed by atoms with Gasteiger partial charge in [-0.05, 0) is 25.5 Å². The van der Waals surface area contributed by atoms with Crippen molar-refractivity contribution in [3.63, 3.8) is 0 Å². The molecule has 0 bridgehead atoms. The maximum absolute atomic E-state index is 11.3. The first kappa shape index (κ1) is 9.92. The fourth-order valence-electron chi connectivity index (χ4n) is 1.38. The van der Waals surface area contributed by atoms with E-state index in [1.165, 1.54) is 6.20 Å². The number of nitrogens with zero attached hydrogens (tertiary/aromatic N) is 2. The molecule has 13 heavy (non-hydrogen) atoms. The molecule has 4 heteroatoms. The van der Waals surface area contributed by atoms with Crippen molar-refractivity contribution in [3.8, 4) is 0 Å². The lowest BCUT2D eigenvalue weighted by atomic mass is 10.1. The van der Waals surface area contributed by atoms with Gasteiger partial charge in [0.2, 0.25) is 0 Å². The molecule has 1 rings (SSSR count). The summed E-state index contributed by atoms with van der Waals surface area (Å²) in [6, 6.07) is 1.95. The average molecular weight is 181 g/mol. The molecule has 0 spiro atoms. The van der Waals surface area contributed by atoms with Crippen molar-refractivity contribution in [2.45, 2.75) is 25.8 Å². The molecule has 0 aliphatic rings. The average Bonchev–Trinajstić information content (AvgIpc) is 2.16. The van der Waals surface area contributed by atoms with Gasteiger partial charge in [0.15, 0.2) is 0 Å². The van der Waals surface area contributed by atoms with Gasteiger partial charge in [0, 0.05) is 18.4 Å². The van der Waals surface area contributed by atoms with Gasteiger partial charge in [0.05, 0.1) is 0 Å². The summed E-state index contributed by atoms with van der Waals surface area (Å²) >= 11 is 0. The van der Waals surface area contributed by atoms with E-state index in [9.17, 15) is 4.79 Å². The lowest BCUT2D eigenvalue weighted by Gasteiger charge is -2.15. The van der Waals surface area contributed by atoms with Gasteiger partial charge in [-0.15, -0.1) is 0 Å². The molecule has 0 saturated heterocycles. The van der Waals surface area contributed by atoms with Crippen LogP contribution in [-0.2, 0) is 0 Å². The zero-order valence-corrected chi connectivity index (χ0v) is 7.81. The molecule has 1 aromatic rings. The summed E-state index contributed by atoms with van der Waals surface area (Å²) in [5.74, 6) is 0. The van der Waals surface area contributed by atoms with Crippen LogP contribution < -0.4 is 11.4 Å². The summed E-state index contributed by atoms with van der Waals surface area (Å²) in [6.45, 7) is 2.64. The minimum Gasteiger partial charge on any atom is -0.330 e. The molecule has 0 saturated carbocycles. The molecule has 1 aromatic heterocycles. The van der Waals surface area contributed by atoms with E-state index in [2.05, 4.69) is 4.98 Å². The summed E-state index contributed by atoms with van der Waals surface area (Å²) < 4.78 is 1.65. The second-order valence-corrected chi connectivity index (χ2v) is 2.95. The fraction of sp³-hybridized carbons (Fsp3) is 0.556. The first-order valence-corrected chi connectivity index (χ1v) is 4.52. The van der Waals surface area contributed by atoms with Crippen molar-refractivity contribution in [3.05, 3.63) is 28.9 Å². The van der Waals surface area contributed by atoms with Crippen LogP contribution in [0.2, 0.25) is 0 Å². The molecule has 0 aromatic carbocycles. The Morgan fingerprint density at radius 3 is 3.00 bits per heavy atom. The maximum atomic E-state index is 11.3. The summed E-state index contributed by atoms with van der Waals surface area (Å²) in [5.41, 5.74) is 5.26. The van der Waals surface area contributed by atoms with Crippen molar-refractivity contribution in [2.75, 3.05) is 6.54 Å². The lowest BCUT2D eigenvalue weighted by molar-refractivity contribution is 0.439. The topological polar surface area (TPSA) is 60.9 Å². The highest BCUT2D eigenvalue weighted by atomic mass is 16.1. The van der Waals surface area contributed by atoms with E-state index in [0.717, 1.165) is 12.8 Å². The number of aromatic nitrogens is 2. The molecular formula is C9H15N3O. The quantitative estimate of drug-likeness (QED) is 0.737. The predicted octanol–water partition coefficient (Wildman–Crippen LogP) is 0.543. The van der Waals surface area contributed by atoms with Gasteiger partial charge in [0.1, 0.15) is 0 Å². The van der Waals surface area contributed by atoms with Gasteiger partial charge in [-0.25, -0.2) is 9.78 Å². The number of nitrogens with two attached hydrogens (primary N) is 1. The molecule has 4 nitrogen and oxygen atoms in total. The SMILES string of the molecule is CCC(CCN)n1cccnc1=O. The fourth-order valence-corrected chi connectivity index (χ4v) is 1.38. The van der Waals surface area contributed by atoms with Crippen molar-refractivity contribution < 1.29 is 0 Å². The van der Waals surface area contributed by atoms with E-state index in [4.69, 9.17) is 5.73 Å². The minimum atomic E-state index is -0.192. The van der Waals surface area contributed by atoms with Crippen molar-refractivity contribution in [1.29, 1.82) is 0 Å². The van der Waals surface area contributed by atoms with Gasteiger partial charge >= 0.3 is 5.69 Å². The third-order valence-corrected chi connectivity index (χ3v) is 2.10. The van der Waals surface area contributed by atoms with Crippen LogP contribution in [0.3, 0.4) is 0 Å². The van der Waals surface area contributed by atoms with Crippen LogP contribution in [0.4, 0.5) is 0 Å². The number of hydrogen-bond donors (Lipinski definition) is 1. The Morgan fingerprint density at radius 1 is 1.69 bits per heavy atom. The zero-order valence-electron chi connectivity index (χ0n) is 7.81. The van der Waals surface area contributed by atoms with Crippen LogP contribution in [0.15, 0.2) is 23.3 Å². The van der Waals surface area contributed by atoms with Gasteiger partial charge in [-0.2, -0.15) is 0 Å². The minimum absolute atomic E-state index is 0.186. The van der Waals surface area contributed by atoms with E-state index in [-0.39, 0.29) is 11.7 Å². The third-order valence-electron chi connectivity index (χ3n) is 2.10. The third kappa shape index (κ3) is 2.39. The van der Waals surface area contributed by atoms with E-state index in [1.807, 2.05) is 6.92 Å². The summed E-state index contributed by atoms with van der Waals surface area (Å²) in [7, 11) is 0. The Balaban J connectivity index is 2.91. The molecule has 1 unspecified atom stereocenters. The summed E-state index contributed by atoms with van der Waals surface area (Å²) in [4.78, 5) is 15.0. The van der Waals surface area contributed by atoms with Crippen LogP contribution in [-0.4, -0.2) is 16.1 Å². The molecule has 0 amide bonds. The van der Waals surface area contributed by atoms with Crippen LogP contribution >= 0.6 is 0 Å². The molecule has 0 aliphatic carbocycles. The highest BCUT2D eigenvalue weighted by Gasteiger charge is 2.08. The molecule has 0 fully saturated rings. The first-order valence-electron chi connectivity index (χ1n) is 4.52. The smallest absolute Gasteiger partial charge is 0.330 e. The number of hydrogen-bond acceptors (Lipinski definition) is 3. The van der Waals surface area contributed by atoms with Gasteiger partial charge in [-0.1, -0.05) is 6.92 Å². The zero-order chi connectivity index (χ0) is 9.68. The number of rotatable bonds is 4. The Labute approximate surface area is 77.4 Å². The standard InChI is InChI=1S/C9H15N3O/c1-2-8(4-5-10)12-7-3-6-11-9(12)13/h3,6-8H,2,4-5,10H2,1H3. The van der Waals surface area contributed by atoms with Crippen LogP contribution in [0, 0.1) is 0 Å². The van der Waals surface area contributed by atoms with E-state index in [1.54, 1.807) is 16.8 Å². The Hall–Kier alpha value is -1.16. The predicted molar refractivity (Wildman–Crippen MR) is 51.5 cm³/mol.